The van der Waals surface area contributed by atoms with Crippen LogP contribution in [0.1, 0.15) is 50.7 Å². The number of nitrogens with one attached hydrogen (secondary N) is 2. The molecule has 0 aromatic carbocycles. The van der Waals surface area contributed by atoms with Gasteiger partial charge in [0.2, 0.25) is 0 Å². The first-order valence-corrected chi connectivity index (χ1v) is 11.2. The number of fused-ring (bicyclic) bond motifs is 2. The Hall–Kier alpha value is -0.800. The SMILES string of the molecule is I.c1coc(CCNC(=NCC2CCCO2)NC2C3CCOC3C23CCCC3)c1. The number of guanidine groups is 1. The van der Waals surface area contributed by atoms with Crippen molar-refractivity contribution in [3.63, 3.8) is 0 Å². The van der Waals surface area contributed by atoms with Gasteiger partial charge in [0.15, 0.2) is 5.96 Å². The summed E-state index contributed by atoms with van der Waals surface area (Å²) in [5.74, 6) is 2.58. The van der Waals surface area contributed by atoms with Crippen LogP contribution in [0.5, 0.6) is 0 Å². The Bertz CT molecular complexity index is 669. The zero-order chi connectivity index (χ0) is 18.8. The third kappa shape index (κ3) is 4.32. The lowest BCUT2D eigenvalue weighted by Gasteiger charge is -2.57. The second kappa shape index (κ2) is 9.56. The molecule has 5 rings (SSSR count). The fourth-order valence-electron chi connectivity index (χ4n) is 5.94. The van der Waals surface area contributed by atoms with Crippen molar-refractivity contribution in [3.8, 4) is 0 Å². The molecule has 2 saturated carbocycles. The normalized spacial score (nSPS) is 32.6. The molecule has 2 N–H and O–H groups in total. The standard InChI is InChI=1S/C22H33N3O3.HI/c1-2-10-22(9-1)19(18-8-14-28-20(18)22)25-21(24-15-17-6-4-13-27-17)23-11-7-16-5-3-12-26-16;/h3,5,12,17-20H,1-2,4,6-11,13-15H2,(H2,23,24,25);1H. The van der Waals surface area contributed by atoms with Crippen molar-refractivity contribution in [2.24, 2.45) is 16.3 Å². The van der Waals surface area contributed by atoms with Crippen LogP contribution in [0.2, 0.25) is 0 Å². The van der Waals surface area contributed by atoms with Gasteiger partial charge in [0, 0.05) is 43.6 Å². The molecule has 2 saturated heterocycles. The average Bonchev–Trinajstić information content (AvgIpc) is 3.49. The molecule has 4 atom stereocenters. The predicted octanol–water partition coefficient (Wildman–Crippen LogP) is 3.50. The van der Waals surface area contributed by atoms with Gasteiger partial charge >= 0.3 is 0 Å². The summed E-state index contributed by atoms with van der Waals surface area (Å²) in [5.41, 5.74) is 0.328. The second-order valence-electron chi connectivity index (χ2n) is 8.89. The zero-order valence-electron chi connectivity index (χ0n) is 17.1. The van der Waals surface area contributed by atoms with E-state index in [4.69, 9.17) is 18.9 Å². The van der Waals surface area contributed by atoms with E-state index >= 15 is 0 Å². The molecule has 0 radical (unpaired) electrons. The molecule has 0 amide bonds. The van der Waals surface area contributed by atoms with E-state index in [1.807, 2.05) is 12.1 Å². The van der Waals surface area contributed by atoms with Gasteiger partial charge in [-0.2, -0.15) is 0 Å². The average molecular weight is 515 g/mol. The predicted molar refractivity (Wildman–Crippen MR) is 123 cm³/mol. The van der Waals surface area contributed by atoms with E-state index < -0.39 is 0 Å². The van der Waals surface area contributed by atoms with Crippen molar-refractivity contribution >= 4 is 29.9 Å². The molecule has 1 spiro atoms. The molecular formula is C22H34IN3O3. The van der Waals surface area contributed by atoms with Crippen LogP contribution < -0.4 is 10.6 Å². The summed E-state index contributed by atoms with van der Waals surface area (Å²) in [5, 5.41) is 7.38. The highest BCUT2D eigenvalue weighted by Crippen LogP contribution is 2.60. The Balaban J connectivity index is 0.00000205. The summed E-state index contributed by atoms with van der Waals surface area (Å²) >= 11 is 0. The lowest BCUT2D eigenvalue weighted by molar-refractivity contribution is -0.125. The van der Waals surface area contributed by atoms with E-state index in [2.05, 4.69) is 10.6 Å². The Morgan fingerprint density at radius 3 is 2.79 bits per heavy atom. The number of nitrogens with zero attached hydrogens (tertiary/aromatic N) is 1. The van der Waals surface area contributed by atoms with E-state index in [0.29, 0.717) is 23.5 Å². The third-order valence-corrected chi connectivity index (χ3v) is 7.30. The van der Waals surface area contributed by atoms with Gasteiger partial charge in [-0.25, -0.2) is 0 Å². The molecule has 2 aliphatic carbocycles. The molecule has 4 unspecified atom stereocenters. The van der Waals surface area contributed by atoms with E-state index in [-0.39, 0.29) is 30.1 Å². The number of hydrogen-bond donors (Lipinski definition) is 2. The highest BCUT2D eigenvalue weighted by atomic mass is 127. The molecule has 7 heteroatoms. The van der Waals surface area contributed by atoms with E-state index in [1.54, 1.807) is 6.26 Å². The quantitative estimate of drug-likeness (QED) is 0.345. The molecule has 1 aromatic heterocycles. The van der Waals surface area contributed by atoms with Gasteiger partial charge in [0.25, 0.3) is 0 Å². The Labute approximate surface area is 190 Å². The Morgan fingerprint density at radius 1 is 1.14 bits per heavy atom. The molecule has 29 heavy (non-hydrogen) atoms. The maximum absolute atomic E-state index is 6.14. The van der Waals surface area contributed by atoms with Crippen LogP contribution in [0, 0.1) is 11.3 Å². The maximum atomic E-state index is 6.14. The van der Waals surface area contributed by atoms with E-state index in [1.165, 1.54) is 32.1 Å². The minimum absolute atomic E-state index is 0. The monoisotopic (exact) mass is 515 g/mol. The van der Waals surface area contributed by atoms with Gasteiger partial charge in [-0.3, -0.25) is 4.99 Å². The largest absolute Gasteiger partial charge is 0.469 e. The van der Waals surface area contributed by atoms with Crippen molar-refractivity contribution in [2.75, 3.05) is 26.3 Å². The molecule has 1 aromatic rings. The van der Waals surface area contributed by atoms with E-state index in [0.717, 1.165) is 57.3 Å². The minimum atomic E-state index is 0. The summed E-state index contributed by atoms with van der Waals surface area (Å²) in [6.07, 6.45) is 12.0. The van der Waals surface area contributed by atoms with Crippen LogP contribution in [-0.2, 0) is 15.9 Å². The number of furan rings is 1. The number of aliphatic imine (C=N–C) groups is 1. The van der Waals surface area contributed by atoms with Crippen molar-refractivity contribution in [2.45, 2.75) is 69.6 Å². The van der Waals surface area contributed by atoms with Crippen LogP contribution in [0.3, 0.4) is 0 Å². The van der Waals surface area contributed by atoms with Gasteiger partial charge < -0.3 is 24.5 Å². The molecule has 4 aliphatic rings. The number of rotatable bonds is 6. The molecule has 6 nitrogen and oxygen atoms in total. The fraction of sp³-hybridized carbons (Fsp3) is 0.773. The summed E-state index contributed by atoms with van der Waals surface area (Å²) in [6, 6.07) is 4.46. The lowest BCUT2D eigenvalue weighted by atomic mass is 9.54. The second-order valence-corrected chi connectivity index (χ2v) is 8.89. The summed E-state index contributed by atoms with van der Waals surface area (Å²) in [7, 11) is 0. The first kappa shape index (κ1) is 21.4. The van der Waals surface area contributed by atoms with Gasteiger partial charge in [0.05, 0.1) is 25.0 Å². The van der Waals surface area contributed by atoms with Crippen molar-refractivity contribution in [1.29, 1.82) is 0 Å². The zero-order valence-corrected chi connectivity index (χ0v) is 19.4. The Morgan fingerprint density at radius 2 is 2.03 bits per heavy atom. The fourth-order valence-corrected chi connectivity index (χ4v) is 5.94. The molecule has 0 bridgehead atoms. The number of hydrogen-bond acceptors (Lipinski definition) is 4. The maximum Gasteiger partial charge on any atom is 0.191 e. The van der Waals surface area contributed by atoms with Gasteiger partial charge in [-0.15, -0.1) is 24.0 Å². The molecule has 162 valence electrons. The molecule has 2 aliphatic heterocycles. The van der Waals surface area contributed by atoms with Crippen LogP contribution >= 0.6 is 24.0 Å². The van der Waals surface area contributed by atoms with Crippen molar-refractivity contribution in [3.05, 3.63) is 24.2 Å². The number of halogens is 1. The summed E-state index contributed by atoms with van der Waals surface area (Å²) < 4.78 is 17.4. The topological polar surface area (TPSA) is 68.0 Å². The smallest absolute Gasteiger partial charge is 0.191 e. The van der Waals surface area contributed by atoms with Crippen LogP contribution in [0.15, 0.2) is 27.8 Å². The van der Waals surface area contributed by atoms with Gasteiger partial charge in [0.1, 0.15) is 5.76 Å². The van der Waals surface area contributed by atoms with Gasteiger partial charge in [-0.1, -0.05) is 12.8 Å². The van der Waals surface area contributed by atoms with Crippen molar-refractivity contribution < 1.29 is 13.9 Å². The lowest BCUT2D eigenvalue weighted by Crippen LogP contribution is -2.69. The van der Waals surface area contributed by atoms with Crippen LogP contribution in [-0.4, -0.2) is 50.5 Å². The molecular weight excluding hydrogens is 481 g/mol. The van der Waals surface area contributed by atoms with Crippen LogP contribution in [0.25, 0.3) is 0 Å². The number of ether oxygens (including phenoxy) is 2. The highest BCUT2D eigenvalue weighted by Gasteiger charge is 2.65. The first-order chi connectivity index (χ1) is 13.9. The van der Waals surface area contributed by atoms with Crippen molar-refractivity contribution in [1.82, 2.24) is 10.6 Å². The summed E-state index contributed by atoms with van der Waals surface area (Å²) in [4.78, 5) is 4.91. The first-order valence-electron chi connectivity index (χ1n) is 11.2. The minimum Gasteiger partial charge on any atom is -0.469 e. The van der Waals surface area contributed by atoms with E-state index in [9.17, 15) is 0 Å². The Kier molecular flexibility index (Phi) is 7.06. The van der Waals surface area contributed by atoms with Gasteiger partial charge in [-0.05, 0) is 44.2 Å². The molecule has 3 heterocycles. The highest BCUT2D eigenvalue weighted by molar-refractivity contribution is 14.0. The molecule has 4 fully saturated rings. The summed E-state index contributed by atoms with van der Waals surface area (Å²) in [6.45, 7) is 3.35. The third-order valence-electron chi connectivity index (χ3n) is 7.30. The van der Waals surface area contributed by atoms with Crippen LogP contribution in [0.4, 0.5) is 0 Å².